The van der Waals surface area contributed by atoms with E-state index in [0.29, 0.717) is 11.3 Å². The number of sulfone groups is 1. The highest BCUT2D eigenvalue weighted by atomic mass is 32.2. The zero-order valence-electron chi connectivity index (χ0n) is 11.6. The number of aromatic nitrogens is 1. The molecule has 112 valence electrons. The molecule has 0 aliphatic heterocycles. The fourth-order valence-corrected chi connectivity index (χ4v) is 3.52. The molecule has 0 N–H and O–H groups in total. The third-order valence-electron chi connectivity index (χ3n) is 2.88. The van der Waals surface area contributed by atoms with Gasteiger partial charge in [0.15, 0.2) is 4.80 Å². The van der Waals surface area contributed by atoms with E-state index in [1.165, 1.54) is 11.3 Å². The molecule has 1 aromatic carbocycles. The van der Waals surface area contributed by atoms with Crippen LogP contribution in [0.4, 0.5) is 0 Å². The number of para-hydroxylation sites is 1. The number of thiazole rings is 1. The van der Waals surface area contributed by atoms with E-state index in [1.54, 1.807) is 0 Å². The number of benzene rings is 1. The molecule has 0 saturated carbocycles. The lowest BCUT2D eigenvalue weighted by molar-refractivity contribution is -0.116. The molecule has 0 aliphatic rings. The standard InChI is InChI=1S/C13H14N2O4S2/c1-3-15-10-6-4-5-7-11(10)20-13(15)14-12(17)8-21(18,19)9(2)16/h4-7H,3,8H2,1-2H3. The normalized spacial score (nSPS) is 12.8. The van der Waals surface area contributed by atoms with Crippen LogP contribution in [0.25, 0.3) is 10.2 Å². The molecule has 0 radical (unpaired) electrons. The van der Waals surface area contributed by atoms with Gasteiger partial charge < -0.3 is 4.57 Å². The Kier molecular flexibility index (Phi) is 4.38. The Morgan fingerprint density at radius 3 is 2.57 bits per heavy atom. The van der Waals surface area contributed by atoms with Gasteiger partial charge in [-0.05, 0) is 19.1 Å². The highest BCUT2D eigenvalue weighted by Gasteiger charge is 2.21. The van der Waals surface area contributed by atoms with Crippen molar-refractivity contribution >= 4 is 42.4 Å². The summed E-state index contributed by atoms with van der Waals surface area (Å²) in [6.07, 6.45) is 0. The van der Waals surface area contributed by atoms with Crippen LogP contribution in [-0.4, -0.2) is 29.8 Å². The third-order valence-corrected chi connectivity index (χ3v) is 5.44. The predicted molar refractivity (Wildman–Crippen MR) is 80.5 cm³/mol. The molecule has 0 fully saturated rings. The Labute approximate surface area is 125 Å². The molecular weight excluding hydrogens is 312 g/mol. The number of fused-ring (bicyclic) bond motifs is 1. The van der Waals surface area contributed by atoms with Gasteiger partial charge in [-0.3, -0.25) is 9.59 Å². The molecule has 21 heavy (non-hydrogen) atoms. The molecule has 8 heteroatoms. The maximum Gasteiger partial charge on any atom is 0.264 e. The lowest BCUT2D eigenvalue weighted by Crippen LogP contribution is -2.23. The van der Waals surface area contributed by atoms with Crippen LogP contribution >= 0.6 is 11.3 Å². The number of nitrogens with zero attached hydrogens (tertiary/aromatic N) is 2. The van der Waals surface area contributed by atoms with Crippen LogP contribution in [0.1, 0.15) is 13.8 Å². The quantitative estimate of drug-likeness (QED) is 0.845. The highest BCUT2D eigenvalue weighted by Crippen LogP contribution is 2.16. The first-order valence-electron chi connectivity index (χ1n) is 6.24. The monoisotopic (exact) mass is 326 g/mol. The van der Waals surface area contributed by atoms with E-state index < -0.39 is 26.6 Å². The summed E-state index contributed by atoms with van der Waals surface area (Å²) in [5.41, 5.74) is 0.936. The van der Waals surface area contributed by atoms with E-state index in [1.807, 2.05) is 35.8 Å². The second-order valence-electron chi connectivity index (χ2n) is 4.35. The van der Waals surface area contributed by atoms with E-state index in [2.05, 4.69) is 4.99 Å². The van der Waals surface area contributed by atoms with E-state index in [9.17, 15) is 18.0 Å². The van der Waals surface area contributed by atoms with Crippen molar-refractivity contribution in [2.45, 2.75) is 20.4 Å². The molecule has 0 saturated heterocycles. The van der Waals surface area contributed by atoms with E-state index >= 15 is 0 Å². The smallest absolute Gasteiger partial charge is 0.264 e. The third kappa shape index (κ3) is 3.27. The van der Waals surface area contributed by atoms with Crippen LogP contribution in [0, 0.1) is 0 Å². The number of hydrogen-bond donors (Lipinski definition) is 0. The molecule has 1 heterocycles. The molecule has 1 amide bonds. The number of hydrogen-bond acceptors (Lipinski definition) is 5. The Bertz CT molecular complexity index is 875. The van der Waals surface area contributed by atoms with Gasteiger partial charge >= 0.3 is 0 Å². The van der Waals surface area contributed by atoms with Gasteiger partial charge in [0.1, 0.15) is 5.75 Å². The SMILES string of the molecule is CCn1c(=NC(=O)CS(=O)(=O)C(C)=O)sc2ccccc21. The van der Waals surface area contributed by atoms with Crippen LogP contribution in [0.15, 0.2) is 29.3 Å². The Morgan fingerprint density at radius 1 is 1.29 bits per heavy atom. The fraction of sp³-hybridized carbons (Fsp3) is 0.308. The zero-order valence-corrected chi connectivity index (χ0v) is 13.2. The molecule has 2 aromatic rings. The van der Waals surface area contributed by atoms with Gasteiger partial charge in [0.2, 0.25) is 15.0 Å². The molecular formula is C13H14N2O4S2. The summed E-state index contributed by atoms with van der Waals surface area (Å²) >= 11 is 1.31. The minimum absolute atomic E-state index is 0.433. The Hall–Kier alpha value is -1.80. The zero-order chi connectivity index (χ0) is 15.6. The highest BCUT2D eigenvalue weighted by molar-refractivity contribution is 8.06. The lowest BCUT2D eigenvalue weighted by atomic mass is 10.3. The molecule has 0 unspecified atom stereocenters. The van der Waals surface area contributed by atoms with Crippen molar-refractivity contribution in [2.75, 3.05) is 5.75 Å². The van der Waals surface area contributed by atoms with Gasteiger partial charge in [-0.2, -0.15) is 4.99 Å². The minimum Gasteiger partial charge on any atom is -0.317 e. The first-order chi connectivity index (χ1) is 9.85. The van der Waals surface area contributed by atoms with Crippen LogP contribution in [0.3, 0.4) is 0 Å². The molecule has 2 rings (SSSR count). The van der Waals surface area contributed by atoms with Crippen LogP contribution in [0.5, 0.6) is 0 Å². The number of amides is 1. The second-order valence-corrected chi connectivity index (χ2v) is 7.46. The van der Waals surface area contributed by atoms with Crippen molar-refractivity contribution in [2.24, 2.45) is 4.99 Å². The molecule has 0 atom stereocenters. The largest absolute Gasteiger partial charge is 0.317 e. The van der Waals surface area contributed by atoms with E-state index in [0.717, 1.165) is 17.1 Å². The molecule has 0 aliphatic carbocycles. The van der Waals surface area contributed by atoms with Crippen molar-refractivity contribution in [1.82, 2.24) is 4.57 Å². The first-order valence-corrected chi connectivity index (χ1v) is 8.71. The van der Waals surface area contributed by atoms with Gasteiger partial charge in [-0.1, -0.05) is 23.5 Å². The van der Waals surface area contributed by atoms with Crippen molar-refractivity contribution in [3.63, 3.8) is 0 Å². The van der Waals surface area contributed by atoms with Crippen LogP contribution in [0.2, 0.25) is 0 Å². The molecule has 0 bridgehead atoms. The topological polar surface area (TPSA) is 85.6 Å². The maximum atomic E-state index is 11.8. The van der Waals surface area contributed by atoms with Crippen molar-refractivity contribution in [3.8, 4) is 0 Å². The van der Waals surface area contributed by atoms with E-state index in [-0.39, 0.29) is 0 Å². The summed E-state index contributed by atoms with van der Waals surface area (Å²) in [6.45, 7) is 3.44. The van der Waals surface area contributed by atoms with Gasteiger partial charge in [0.05, 0.1) is 10.2 Å². The van der Waals surface area contributed by atoms with Gasteiger partial charge in [0, 0.05) is 13.5 Å². The summed E-state index contributed by atoms with van der Waals surface area (Å²) in [6, 6.07) is 7.57. The molecule has 6 nitrogen and oxygen atoms in total. The van der Waals surface area contributed by atoms with Crippen molar-refractivity contribution < 1.29 is 18.0 Å². The first kappa shape index (κ1) is 15.6. The number of carbonyl (C=O) groups excluding carboxylic acids is 2. The summed E-state index contributed by atoms with van der Waals surface area (Å²) < 4.78 is 25.6. The van der Waals surface area contributed by atoms with Crippen LogP contribution < -0.4 is 4.80 Å². The summed E-state index contributed by atoms with van der Waals surface area (Å²) in [5, 5.41) is -1.02. The Balaban J connectivity index is 2.46. The second kappa shape index (κ2) is 5.90. The Morgan fingerprint density at radius 2 is 1.95 bits per heavy atom. The fourth-order valence-electron chi connectivity index (χ4n) is 1.81. The van der Waals surface area contributed by atoms with Gasteiger partial charge in [-0.15, -0.1) is 0 Å². The number of carbonyl (C=O) groups is 2. The van der Waals surface area contributed by atoms with E-state index in [4.69, 9.17) is 0 Å². The van der Waals surface area contributed by atoms with Gasteiger partial charge in [0.25, 0.3) is 5.91 Å². The maximum absolute atomic E-state index is 11.8. The predicted octanol–water partition coefficient (Wildman–Crippen LogP) is 1.11. The minimum atomic E-state index is -4.05. The average molecular weight is 326 g/mol. The number of rotatable bonds is 3. The van der Waals surface area contributed by atoms with Crippen molar-refractivity contribution in [1.29, 1.82) is 0 Å². The summed E-state index contributed by atoms with van der Waals surface area (Å²) in [5.74, 6) is -1.72. The average Bonchev–Trinajstić information content (AvgIpc) is 2.74. The number of aryl methyl sites for hydroxylation is 1. The summed E-state index contributed by atoms with van der Waals surface area (Å²) in [7, 11) is -4.05. The van der Waals surface area contributed by atoms with Crippen molar-refractivity contribution in [3.05, 3.63) is 29.1 Å². The molecule has 1 aromatic heterocycles. The van der Waals surface area contributed by atoms with Gasteiger partial charge in [-0.25, -0.2) is 8.42 Å². The molecule has 0 spiro atoms. The lowest BCUT2D eigenvalue weighted by Gasteiger charge is -1.99. The van der Waals surface area contributed by atoms with Crippen LogP contribution in [-0.2, 0) is 26.0 Å². The summed E-state index contributed by atoms with van der Waals surface area (Å²) in [4.78, 5) is 27.0.